The lowest BCUT2D eigenvalue weighted by atomic mass is 10.2. The van der Waals surface area contributed by atoms with E-state index in [0.29, 0.717) is 11.1 Å². The van der Waals surface area contributed by atoms with Gasteiger partial charge in [0.2, 0.25) is 0 Å². The fourth-order valence-electron chi connectivity index (χ4n) is 2.75. The molecule has 2 amide bonds. The number of hydrazine groups is 1. The van der Waals surface area contributed by atoms with Crippen LogP contribution in [0.4, 0.5) is 0 Å². The highest BCUT2D eigenvalue weighted by Crippen LogP contribution is 2.24. The molecule has 2 aromatic carbocycles. The SMILES string of the molecule is O=C(NNC(=O)c1ccc(OC2CCCC2)cc1)c1ccc(O)cc1. The highest BCUT2D eigenvalue weighted by Gasteiger charge is 2.16. The quantitative estimate of drug-likeness (QED) is 0.747. The molecule has 0 unspecified atom stereocenters. The first-order valence-corrected chi connectivity index (χ1v) is 8.28. The maximum atomic E-state index is 12.1. The summed E-state index contributed by atoms with van der Waals surface area (Å²) in [6, 6.07) is 12.6. The molecule has 3 N–H and O–H groups in total. The number of amides is 2. The molecule has 130 valence electrons. The van der Waals surface area contributed by atoms with E-state index in [4.69, 9.17) is 4.74 Å². The maximum Gasteiger partial charge on any atom is 0.269 e. The van der Waals surface area contributed by atoms with Crippen LogP contribution in [0, 0.1) is 0 Å². The largest absolute Gasteiger partial charge is 0.508 e. The van der Waals surface area contributed by atoms with Crippen LogP contribution >= 0.6 is 0 Å². The van der Waals surface area contributed by atoms with Gasteiger partial charge in [-0.1, -0.05) is 0 Å². The number of hydrogen-bond acceptors (Lipinski definition) is 4. The van der Waals surface area contributed by atoms with E-state index in [1.807, 2.05) is 0 Å². The summed E-state index contributed by atoms with van der Waals surface area (Å²) in [5.74, 6) is -0.0637. The van der Waals surface area contributed by atoms with E-state index in [1.165, 1.54) is 37.1 Å². The first-order valence-electron chi connectivity index (χ1n) is 8.28. The van der Waals surface area contributed by atoms with Gasteiger partial charge in [0.05, 0.1) is 6.10 Å². The maximum absolute atomic E-state index is 12.1. The molecule has 0 aromatic heterocycles. The van der Waals surface area contributed by atoms with Crippen LogP contribution in [0.1, 0.15) is 46.4 Å². The Hall–Kier alpha value is -3.02. The Bertz CT molecular complexity index is 735. The van der Waals surface area contributed by atoms with Crippen LogP contribution in [-0.2, 0) is 0 Å². The molecule has 0 atom stereocenters. The van der Waals surface area contributed by atoms with Crippen molar-refractivity contribution in [3.63, 3.8) is 0 Å². The minimum Gasteiger partial charge on any atom is -0.508 e. The summed E-state index contributed by atoms with van der Waals surface area (Å²) in [4.78, 5) is 24.0. The van der Waals surface area contributed by atoms with Crippen LogP contribution in [0.15, 0.2) is 48.5 Å². The fourth-order valence-corrected chi connectivity index (χ4v) is 2.75. The van der Waals surface area contributed by atoms with Gasteiger partial charge >= 0.3 is 0 Å². The van der Waals surface area contributed by atoms with Crippen molar-refractivity contribution in [2.45, 2.75) is 31.8 Å². The van der Waals surface area contributed by atoms with E-state index >= 15 is 0 Å². The number of aromatic hydroxyl groups is 1. The average molecular weight is 340 g/mol. The van der Waals surface area contributed by atoms with Crippen LogP contribution in [0.25, 0.3) is 0 Å². The average Bonchev–Trinajstić information content (AvgIpc) is 3.13. The lowest BCUT2D eigenvalue weighted by Gasteiger charge is -2.13. The Kier molecular flexibility index (Phi) is 5.18. The van der Waals surface area contributed by atoms with Crippen LogP contribution < -0.4 is 15.6 Å². The number of phenols is 1. The molecular weight excluding hydrogens is 320 g/mol. The topological polar surface area (TPSA) is 87.7 Å². The summed E-state index contributed by atoms with van der Waals surface area (Å²) in [6.07, 6.45) is 4.82. The molecule has 0 saturated heterocycles. The Morgan fingerprint density at radius 3 is 1.84 bits per heavy atom. The van der Waals surface area contributed by atoms with E-state index in [1.54, 1.807) is 24.3 Å². The Morgan fingerprint density at radius 1 is 0.840 bits per heavy atom. The van der Waals surface area contributed by atoms with Crippen molar-refractivity contribution in [2.75, 3.05) is 0 Å². The van der Waals surface area contributed by atoms with E-state index in [2.05, 4.69) is 10.9 Å². The van der Waals surface area contributed by atoms with E-state index in [0.717, 1.165) is 18.6 Å². The van der Waals surface area contributed by atoms with Crippen LogP contribution in [0.3, 0.4) is 0 Å². The van der Waals surface area contributed by atoms with Crippen molar-refractivity contribution in [3.05, 3.63) is 59.7 Å². The predicted octanol–water partition coefficient (Wildman–Crippen LogP) is 2.79. The zero-order chi connectivity index (χ0) is 17.6. The number of phenolic OH excluding ortho intramolecular Hbond substituents is 1. The molecule has 6 heteroatoms. The molecule has 1 fully saturated rings. The van der Waals surface area contributed by atoms with Gasteiger partial charge in [-0.05, 0) is 74.2 Å². The molecule has 0 heterocycles. The minimum absolute atomic E-state index is 0.0699. The second kappa shape index (κ2) is 7.70. The lowest BCUT2D eigenvalue weighted by molar-refractivity contribution is 0.0846. The summed E-state index contributed by atoms with van der Waals surface area (Å²) in [6.45, 7) is 0. The summed E-state index contributed by atoms with van der Waals surface area (Å²) in [7, 11) is 0. The van der Waals surface area contributed by atoms with Crippen LogP contribution in [0.5, 0.6) is 11.5 Å². The number of hydrogen-bond donors (Lipinski definition) is 3. The van der Waals surface area contributed by atoms with Gasteiger partial charge in [-0.25, -0.2) is 0 Å². The Balaban J connectivity index is 1.52. The third-order valence-corrected chi connectivity index (χ3v) is 4.14. The number of ether oxygens (including phenoxy) is 1. The zero-order valence-electron chi connectivity index (χ0n) is 13.7. The summed E-state index contributed by atoms with van der Waals surface area (Å²) >= 11 is 0. The first-order chi connectivity index (χ1) is 12.1. The molecule has 1 aliphatic rings. The van der Waals surface area contributed by atoms with Gasteiger partial charge in [-0.3, -0.25) is 20.4 Å². The van der Waals surface area contributed by atoms with Gasteiger partial charge in [-0.15, -0.1) is 0 Å². The highest BCUT2D eigenvalue weighted by molar-refractivity contribution is 5.99. The van der Waals surface area contributed by atoms with Gasteiger partial charge in [0.15, 0.2) is 0 Å². The van der Waals surface area contributed by atoms with E-state index in [9.17, 15) is 14.7 Å². The van der Waals surface area contributed by atoms with Crippen LogP contribution in [0.2, 0.25) is 0 Å². The summed E-state index contributed by atoms with van der Waals surface area (Å²) in [5.41, 5.74) is 5.45. The van der Waals surface area contributed by atoms with Gasteiger partial charge in [-0.2, -0.15) is 0 Å². The molecule has 6 nitrogen and oxygen atoms in total. The second-order valence-corrected chi connectivity index (χ2v) is 6.00. The highest BCUT2D eigenvalue weighted by atomic mass is 16.5. The van der Waals surface area contributed by atoms with E-state index < -0.39 is 11.8 Å². The predicted molar refractivity (Wildman–Crippen MR) is 92.4 cm³/mol. The fraction of sp³-hybridized carbons (Fsp3) is 0.263. The number of carbonyl (C=O) groups is 2. The Morgan fingerprint density at radius 2 is 1.32 bits per heavy atom. The second-order valence-electron chi connectivity index (χ2n) is 6.00. The van der Waals surface area contributed by atoms with Crippen molar-refractivity contribution in [1.82, 2.24) is 10.9 Å². The van der Waals surface area contributed by atoms with Crippen molar-refractivity contribution in [2.24, 2.45) is 0 Å². The smallest absolute Gasteiger partial charge is 0.269 e. The number of nitrogens with one attached hydrogen (secondary N) is 2. The molecule has 1 aliphatic carbocycles. The van der Waals surface area contributed by atoms with Crippen molar-refractivity contribution < 1.29 is 19.4 Å². The molecule has 25 heavy (non-hydrogen) atoms. The van der Waals surface area contributed by atoms with Crippen molar-refractivity contribution in [3.8, 4) is 11.5 Å². The summed E-state index contributed by atoms with van der Waals surface area (Å²) < 4.78 is 5.85. The molecule has 1 saturated carbocycles. The van der Waals surface area contributed by atoms with Gasteiger partial charge in [0.25, 0.3) is 11.8 Å². The van der Waals surface area contributed by atoms with E-state index in [-0.39, 0.29) is 11.9 Å². The molecule has 2 aromatic rings. The lowest BCUT2D eigenvalue weighted by Crippen LogP contribution is -2.41. The number of benzene rings is 2. The van der Waals surface area contributed by atoms with Gasteiger partial charge in [0.1, 0.15) is 11.5 Å². The van der Waals surface area contributed by atoms with Crippen LogP contribution in [-0.4, -0.2) is 23.0 Å². The minimum atomic E-state index is -0.463. The van der Waals surface area contributed by atoms with Gasteiger partial charge < -0.3 is 9.84 Å². The molecule has 0 radical (unpaired) electrons. The standard InChI is InChI=1S/C19H20N2O4/c22-15-9-5-13(6-10-15)18(23)20-21-19(24)14-7-11-17(12-8-14)25-16-3-1-2-4-16/h5-12,16,22H,1-4H2,(H,20,23)(H,21,24). The first kappa shape index (κ1) is 16.8. The molecule has 0 aliphatic heterocycles. The van der Waals surface area contributed by atoms with Gasteiger partial charge in [0, 0.05) is 11.1 Å². The number of rotatable bonds is 4. The third-order valence-electron chi connectivity index (χ3n) is 4.14. The molecule has 0 spiro atoms. The summed E-state index contributed by atoms with van der Waals surface area (Å²) in [5, 5.41) is 9.21. The molecule has 3 rings (SSSR count). The normalized spacial score (nSPS) is 14.1. The third kappa shape index (κ3) is 4.50. The monoisotopic (exact) mass is 340 g/mol. The zero-order valence-corrected chi connectivity index (χ0v) is 13.7. The molecular formula is C19H20N2O4. The molecule has 0 bridgehead atoms. The number of carbonyl (C=O) groups excluding carboxylic acids is 2. The Labute approximate surface area is 145 Å². The van der Waals surface area contributed by atoms with Crippen molar-refractivity contribution >= 4 is 11.8 Å². The van der Waals surface area contributed by atoms with Crippen molar-refractivity contribution in [1.29, 1.82) is 0 Å².